The highest BCUT2D eigenvalue weighted by Crippen LogP contribution is 2.23. The summed E-state index contributed by atoms with van der Waals surface area (Å²) in [6.45, 7) is 4.15. The van der Waals surface area contributed by atoms with E-state index in [2.05, 4.69) is 5.32 Å². The fraction of sp³-hybridized carbons (Fsp3) is 0.417. The van der Waals surface area contributed by atoms with Gasteiger partial charge < -0.3 is 10.2 Å². The summed E-state index contributed by atoms with van der Waals surface area (Å²) in [4.78, 5) is 28.7. The molecule has 1 fully saturated rings. The predicted octanol–water partition coefficient (Wildman–Crippen LogP) is 5.22. The van der Waals surface area contributed by atoms with Gasteiger partial charge in [-0.2, -0.15) is 0 Å². The number of halogens is 1. The molecule has 30 heavy (non-hydrogen) atoms. The summed E-state index contributed by atoms with van der Waals surface area (Å²) < 4.78 is 0. The lowest BCUT2D eigenvalue weighted by atomic mass is 10.1. The van der Waals surface area contributed by atoms with Gasteiger partial charge in [0, 0.05) is 22.5 Å². The van der Waals surface area contributed by atoms with E-state index in [1.54, 1.807) is 11.8 Å². The zero-order valence-electron chi connectivity index (χ0n) is 17.6. The predicted molar refractivity (Wildman–Crippen MR) is 124 cm³/mol. The molecule has 1 aliphatic rings. The van der Waals surface area contributed by atoms with Crippen molar-refractivity contribution < 1.29 is 9.59 Å². The van der Waals surface area contributed by atoms with Crippen LogP contribution >= 0.6 is 23.4 Å². The maximum Gasteiger partial charge on any atom is 0.242 e. The highest BCUT2D eigenvalue weighted by Gasteiger charge is 2.28. The number of rotatable bonds is 8. The van der Waals surface area contributed by atoms with Gasteiger partial charge in [0.1, 0.15) is 6.04 Å². The van der Waals surface area contributed by atoms with E-state index in [0.717, 1.165) is 36.1 Å². The van der Waals surface area contributed by atoms with Crippen LogP contribution in [0.25, 0.3) is 0 Å². The number of hydrogen-bond donors (Lipinski definition) is 1. The number of carbonyl (C=O) groups is 2. The van der Waals surface area contributed by atoms with Crippen LogP contribution in [0.3, 0.4) is 0 Å². The van der Waals surface area contributed by atoms with Crippen molar-refractivity contribution in [1.82, 2.24) is 10.2 Å². The molecular weight excluding hydrogens is 416 g/mol. The van der Waals surface area contributed by atoms with Crippen LogP contribution in [0.2, 0.25) is 5.02 Å². The molecule has 0 aromatic heterocycles. The van der Waals surface area contributed by atoms with E-state index in [9.17, 15) is 9.59 Å². The zero-order chi connectivity index (χ0) is 21.5. The number of carbonyl (C=O) groups excluding carboxylic acids is 2. The molecule has 4 nitrogen and oxygen atoms in total. The second-order valence-corrected chi connectivity index (χ2v) is 9.34. The minimum atomic E-state index is -0.562. The Labute approximate surface area is 188 Å². The molecule has 6 heteroatoms. The van der Waals surface area contributed by atoms with Crippen molar-refractivity contribution in [2.45, 2.75) is 63.1 Å². The van der Waals surface area contributed by atoms with Crippen molar-refractivity contribution in [3.05, 3.63) is 64.7 Å². The van der Waals surface area contributed by atoms with Gasteiger partial charge in [0.2, 0.25) is 11.8 Å². The number of aryl methyl sites for hydroxylation is 1. The highest BCUT2D eigenvalue weighted by atomic mass is 35.5. The summed E-state index contributed by atoms with van der Waals surface area (Å²) in [6, 6.07) is 15.2. The van der Waals surface area contributed by atoms with Gasteiger partial charge in [-0.3, -0.25) is 9.59 Å². The summed E-state index contributed by atoms with van der Waals surface area (Å²) in [6.07, 6.45) is 4.32. The van der Waals surface area contributed by atoms with Crippen LogP contribution < -0.4 is 5.32 Å². The number of hydrogen-bond acceptors (Lipinski definition) is 3. The van der Waals surface area contributed by atoms with Crippen molar-refractivity contribution in [3.8, 4) is 0 Å². The molecule has 0 unspecified atom stereocenters. The molecule has 0 radical (unpaired) electrons. The maximum atomic E-state index is 13.2. The number of nitrogens with zero attached hydrogens (tertiary/aromatic N) is 1. The summed E-state index contributed by atoms with van der Waals surface area (Å²) in [5, 5.41) is 3.72. The molecule has 0 heterocycles. The molecule has 2 amide bonds. The standard InChI is InChI=1S/C24H29ClN2O2S/c1-17-11-13-21(14-12-17)30-16-23(28)27(15-19-7-3-6-10-22(19)25)18(2)24(29)26-20-8-4-5-9-20/h3,6-7,10-14,18,20H,4-5,8-9,15-16H2,1-2H3,(H,26,29)/t18-/m1/s1. The lowest BCUT2D eigenvalue weighted by Crippen LogP contribution is -2.50. The Morgan fingerprint density at radius 2 is 1.80 bits per heavy atom. The molecule has 0 spiro atoms. The van der Waals surface area contributed by atoms with E-state index < -0.39 is 6.04 Å². The summed E-state index contributed by atoms with van der Waals surface area (Å²) >= 11 is 7.83. The van der Waals surface area contributed by atoms with Crippen LogP contribution in [-0.2, 0) is 16.1 Å². The van der Waals surface area contributed by atoms with Crippen molar-refractivity contribution >= 4 is 35.2 Å². The molecule has 0 aliphatic heterocycles. The van der Waals surface area contributed by atoms with Crippen molar-refractivity contribution in [2.75, 3.05) is 5.75 Å². The van der Waals surface area contributed by atoms with Gasteiger partial charge in [-0.25, -0.2) is 0 Å². The monoisotopic (exact) mass is 444 g/mol. The molecule has 0 saturated heterocycles. The number of thioether (sulfide) groups is 1. The largest absolute Gasteiger partial charge is 0.352 e. The van der Waals surface area contributed by atoms with Gasteiger partial charge in [-0.1, -0.05) is 60.3 Å². The number of amides is 2. The van der Waals surface area contributed by atoms with Crippen LogP contribution in [0, 0.1) is 6.92 Å². The molecule has 1 saturated carbocycles. The van der Waals surface area contributed by atoms with E-state index in [4.69, 9.17) is 11.6 Å². The average Bonchev–Trinajstić information content (AvgIpc) is 3.25. The molecule has 160 valence electrons. The lowest BCUT2D eigenvalue weighted by Gasteiger charge is -2.30. The normalized spacial score (nSPS) is 15.0. The Hall–Kier alpha value is -1.98. The Morgan fingerprint density at radius 1 is 1.13 bits per heavy atom. The average molecular weight is 445 g/mol. The van der Waals surface area contributed by atoms with Crippen molar-refractivity contribution in [3.63, 3.8) is 0 Å². The van der Waals surface area contributed by atoms with Gasteiger partial charge in [-0.15, -0.1) is 11.8 Å². The van der Waals surface area contributed by atoms with E-state index in [-0.39, 0.29) is 23.6 Å². The number of benzene rings is 2. The third kappa shape index (κ3) is 6.26. The van der Waals surface area contributed by atoms with Gasteiger partial charge in [0.05, 0.1) is 5.75 Å². The van der Waals surface area contributed by atoms with E-state index in [0.29, 0.717) is 11.6 Å². The van der Waals surface area contributed by atoms with E-state index in [1.165, 1.54) is 17.3 Å². The molecule has 2 aromatic carbocycles. The Morgan fingerprint density at radius 3 is 2.47 bits per heavy atom. The minimum absolute atomic E-state index is 0.0745. The Balaban J connectivity index is 1.71. The minimum Gasteiger partial charge on any atom is -0.352 e. The molecular formula is C24H29ClN2O2S. The van der Waals surface area contributed by atoms with Crippen LogP contribution in [0.1, 0.15) is 43.7 Å². The summed E-state index contributed by atoms with van der Waals surface area (Å²) in [5.74, 6) is 0.103. The molecule has 0 bridgehead atoms. The first-order valence-corrected chi connectivity index (χ1v) is 11.8. The highest BCUT2D eigenvalue weighted by molar-refractivity contribution is 8.00. The molecule has 2 aromatic rings. The van der Waals surface area contributed by atoms with Crippen LogP contribution in [-0.4, -0.2) is 34.6 Å². The first kappa shape index (κ1) is 22.7. The maximum absolute atomic E-state index is 13.2. The Kier molecular flexibility index (Phi) is 8.23. The van der Waals surface area contributed by atoms with Crippen molar-refractivity contribution in [2.24, 2.45) is 0 Å². The second kappa shape index (κ2) is 10.9. The van der Waals surface area contributed by atoms with E-state index >= 15 is 0 Å². The second-order valence-electron chi connectivity index (χ2n) is 7.88. The zero-order valence-corrected chi connectivity index (χ0v) is 19.1. The lowest BCUT2D eigenvalue weighted by molar-refractivity contribution is -0.138. The molecule has 1 N–H and O–H groups in total. The van der Waals surface area contributed by atoms with Gasteiger partial charge >= 0.3 is 0 Å². The fourth-order valence-corrected chi connectivity index (χ4v) is 4.63. The molecule has 1 aliphatic carbocycles. The first-order valence-electron chi connectivity index (χ1n) is 10.5. The molecule has 1 atom stereocenters. The SMILES string of the molecule is Cc1ccc(SCC(=O)N(Cc2ccccc2Cl)[C@H](C)C(=O)NC2CCCC2)cc1. The molecule has 3 rings (SSSR count). The van der Waals surface area contributed by atoms with Gasteiger partial charge in [0.15, 0.2) is 0 Å². The topological polar surface area (TPSA) is 49.4 Å². The van der Waals surface area contributed by atoms with E-state index in [1.807, 2.05) is 55.5 Å². The smallest absolute Gasteiger partial charge is 0.242 e. The van der Waals surface area contributed by atoms with Crippen LogP contribution in [0.15, 0.2) is 53.4 Å². The Bertz CT molecular complexity index is 866. The summed E-state index contributed by atoms with van der Waals surface area (Å²) in [7, 11) is 0. The number of nitrogens with one attached hydrogen (secondary N) is 1. The quantitative estimate of drug-likeness (QED) is 0.568. The van der Waals surface area contributed by atoms with Crippen molar-refractivity contribution in [1.29, 1.82) is 0 Å². The summed E-state index contributed by atoms with van der Waals surface area (Å²) in [5.41, 5.74) is 2.02. The third-order valence-corrected chi connectivity index (χ3v) is 6.92. The third-order valence-electron chi connectivity index (χ3n) is 5.55. The van der Waals surface area contributed by atoms with Crippen LogP contribution in [0.5, 0.6) is 0 Å². The van der Waals surface area contributed by atoms with Gasteiger partial charge in [-0.05, 0) is 50.5 Å². The van der Waals surface area contributed by atoms with Crippen LogP contribution in [0.4, 0.5) is 0 Å². The fourth-order valence-electron chi connectivity index (χ4n) is 3.65. The first-order chi connectivity index (χ1) is 14.4. The van der Waals surface area contributed by atoms with Gasteiger partial charge in [0.25, 0.3) is 0 Å².